The number of carbonyl (C=O) groups is 1. The summed E-state index contributed by atoms with van der Waals surface area (Å²) in [5, 5.41) is 3.33. The normalized spacial score (nSPS) is 18.8. The third-order valence-corrected chi connectivity index (χ3v) is 7.55. The highest BCUT2D eigenvalue weighted by Gasteiger charge is 2.35. The van der Waals surface area contributed by atoms with E-state index in [0.29, 0.717) is 18.8 Å². The number of halogens is 4. The van der Waals surface area contributed by atoms with E-state index in [1.165, 1.54) is 6.07 Å². The van der Waals surface area contributed by atoms with E-state index >= 15 is 0 Å². The molecule has 2 aliphatic rings. The van der Waals surface area contributed by atoms with E-state index in [4.69, 9.17) is 9.72 Å². The molecule has 2 saturated heterocycles. The number of hydrogen-bond acceptors (Lipinski definition) is 4. The first kappa shape index (κ1) is 27.2. The molecule has 39 heavy (non-hydrogen) atoms. The van der Waals surface area contributed by atoms with Crippen LogP contribution in [-0.2, 0) is 24.1 Å². The maximum absolute atomic E-state index is 14.0. The summed E-state index contributed by atoms with van der Waals surface area (Å²) in [5.41, 5.74) is 0.172. The van der Waals surface area contributed by atoms with Crippen molar-refractivity contribution in [3.05, 3.63) is 77.5 Å². The number of hydrogen-bond donors (Lipinski definition) is 1. The summed E-state index contributed by atoms with van der Waals surface area (Å²) in [6.45, 7) is 2.87. The van der Waals surface area contributed by atoms with Crippen molar-refractivity contribution in [1.82, 2.24) is 19.8 Å². The van der Waals surface area contributed by atoms with Gasteiger partial charge in [0, 0.05) is 30.8 Å². The third-order valence-electron chi connectivity index (χ3n) is 7.55. The zero-order valence-corrected chi connectivity index (χ0v) is 21.6. The molecule has 3 heterocycles. The Hall–Kier alpha value is -3.40. The predicted octanol–water partition coefficient (Wildman–Crippen LogP) is 6.37. The summed E-state index contributed by atoms with van der Waals surface area (Å²) >= 11 is 0. The van der Waals surface area contributed by atoms with Crippen molar-refractivity contribution in [2.75, 3.05) is 19.6 Å². The smallest absolute Gasteiger partial charge is 0.419 e. The molecule has 2 aromatic carbocycles. The molecular formula is C29H32F4N4O2. The Kier molecular flexibility index (Phi) is 8.20. The van der Waals surface area contributed by atoms with E-state index in [0.717, 1.165) is 68.7 Å². The summed E-state index contributed by atoms with van der Waals surface area (Å²) in [4.78, 5) is 19.6. The maximum atomic E-state index is 14.0. The van der Waals surface area contributed by atoms with Gasteiger partial charge in [0.2, 0.25) is 0 Å². The predicted molar refractivity (Wildman–Crippen MR) is 138 cm³/mol. The van der Waals surface area contributed by atoms with Crippen molar-refractivity contribution >= 4 is 6.09 Å². The average molecular weight is 545 g/mol. The Bertz CT molecular complexity index is 1270. The number of alkyl halides is 3. The number of aromatic nitrogens is 2. The molecule has 2 fully saturated rings. The molecule has 0 saturated carbocycles. The first-order valence-corrected chi connectivity index (χ1v) is 13.4. The lowest BCUT2D eigenvalue weighted by molar-refractivity contribution is -0.139. The van der Waals surface area contributed by atoms with Crippen LogP contribution in [0.3, 0.4) is 0 Å². The molecule has 0 aliphatic carbocycles. The fraction of sp³-hybridized carbons (Fsp3) is 0.448. The average Bonchev–Trinajstić information content (AvgIpc) is 3.36. The van der Waals surface area contributed by atoms with Crippen LogP contribution in [0.1, 0.15) is 55.0 Å². The van der Waals surface area contributed by atoms with E-state index in [1.807, 2.05) is 34.9 Å². The first-order valence-electron chi connectivity index (χ1n) is 13.4. The van der Waals surface area contributed by atoms with Crippen molar-refractivity contribution in [1.29, 1.82) is 0 Å². The molecule has 10 heteroatoms. The molecule has 1 aromatic heterocycles. The number of ether oxygens (including phenoxy) is 1. The molecule has 0 bridgehead atoms. The molecule has 6 nitrogen and oxygen atoms in total. The van der Waals surface area contributed by atoms with Gasteiger partial charge in [-0.2, -0.15) is 13.2 Å². The highest BCUT2D eigenvalue weighted by molar-refractivity contribution is 5.68. The Labute approximate surface area is 225 Å². The van der Waals surface area contributed by atoms with Gasteiger partial charge in [-0.25, -0.2) is 14.2 Å². The van der Waals surface area contributed by atoms with E-state index < -0.39 is 17.6 Å². The molecule has 1 atom stereocenters. The number of nitrogens with zero attached hydrogens (tertiary/aromatic N) is 3. The Morgan fingerprint density at radius 2 is 1.82 bits per heavy atom. The number of carbonyl (C=O) groups excluding carboxylic acids is 1. The zero-order valence-electron chi connectivity index (χ0n) is 21.6. The Balaban J connectivity index is 1.41. The van der Waals surface area contributed by atoms with Crippen LogP contribution in [0.25, 0.3) is 11.3 Å². The van der Waals surface area contributed by atoms with Gasteiger partial charge in [0.15, 0.2) is 0 Å². The van der Waals surface area contributed by atoms with E-state index in [1.54, 1.807) is 11.1 Å². The molecule has 0 spiro atoms. The van der Waals surface area contributed by atoms with Gasteiger partial charge in [0.25, 0.3) is 0 Å². The molecule has 1 amide bonds. The van der Waals surface area contributed by atoms with E-state index in [9.17, 15) is 22.4 Å². The van der Waals surface area contributed by atoms with Gasteiger partial charge >= 0.3 is 12.3 Å². The lowest BCUT2D eigenvalue weighted by Gasteiger charge is -2.35. The largest absolute Gasteiger partial charge is 0.445 e. The summed E-state index contributed by atoms with van der Waals surface area (Å²) < 4.78 is 61.8. The van der Waals surface area contributed by atoms with Gasteiger partial charge in [-0.05, 0) is 69.0 Å². The highest BCUT2D eigenvalue weighted by Crippen LogP contribution is 2.35. The number of nitrogens with one attached hydrogen (secondary N) is 1. The van der Waals surface area contributed by atoms with Crippen LogP contribution in [-0.4, -0.2) is 46.2 Å². The van der Waals surface area contributed by atoms with E-state index in [2.05, 4.69) is 5.32 Å². The highest BCUT2D eigenvalue weighted by atomic mass is 19.4. The summed E-state index contributed by atoms with van der Waals surface area (Å²) in [5.74, 6) is -0.395. The van der Waals surface area contributed by atoms with Crippen LogP contribution in [0.4, 0.5) is 22.4 Å². The minimum Gasteiger partial charge on any atom is -0.445 e. The second-order valence-electron chi connectivity index (χ2n) is 10.2. The molecule has 0 radical (unpaired) electrons. The lowest BCUT2D eigenvalue weighted by atomic mass is 9.96. The van der Waals surface area contributed by atoms with Crippen LogP contribution in [0.15, 0.2) is 54.7 Å². The quantitative estimate of drug-likeness (QED) is 0.367. The molecule has 5 rings (SSSR count). The summed E-state index contributed by atoms with van der Waals surface area (Å²) in [6, 6.07) is 12.4. The molecule has 0 unspecified atom stereocenters. The molecule has 3 aromatic rings. The molecule has 208 valence electrons. The summed E-state index contributed by atoms with van der Waals surface area (Å²) in [6.07, 6.45) is 0.890. The molecule has 2 aliphatic heterocycles. The van der Waals surface area contributed by atoms with Gasteiger partial charge < -0.3 is 19.5 Å². The van der Waals surface area contributed by atoms with Crippen LogP contribution in [0.2, 0.25) is 0 Å². The van der Waals surface area contributed by atoms with Crippen molar-refractivity contribution in [2.24, 2.45) is 0 Å². The lowest BCUT2D eigenvalue weighted by Crippen LogP contribution is -2.46. The second-order valence-corrected chi connectivity index (χ2v) is 10.2. The SMILES string of the molecule is O=C(OCc1ccccc1)N1CCCC[C@H]1Cn1cc(-c2ccc(F)c(C(F)(F)F)c2)nc1C1CCNCC1. The standard InChI is InChI=1S/C29H32F4N4O2/c30-25-10-9-22(16-24(25)29(31,32)33)26-18-36(27(35-26)21-11-13-34-14-12-21)17-23-8-4-5-15-37(23)28(38)39-19-20-6-2-1-3-7-20/h1-3,6-7,9-10,16,18,21,23,34H,4-5,8,11-15,17,19H2/t23-/m0/s1. The van der Waals surface area contributed by atoms with E-state index in [-0.39, 0.29) is 30.2 Å². The fourth-order valence-electron chi connectivity index (χ4n) is 5.48. The Morgan fingerprint density at radius 1 is 1.05 bits per heavy atom. The topological polar surface area (TPSA) is 59.4 Å². The third kappa shape index (κ3) is 6.43. The Morgan fingerprint density at radius 3 is 2.56 bits per heavy atom. The molecular weight excluding hydrogens is 512 g/mol. The van der Waals surface area contributed by atoms with Gasteiger partial charge in [-0.1, -0.05) is 30.3 Å². The van der Waals surface area contributed by atoms with Gasteiger partial charge in [-0.15, -0.1) is 0 Å². The van der Waals surface area contributed by atoms with Crippen LogP contribution >= 0.6 is 0 Å². The van der Waals surface area contributed by atoms with Crippen molar-refractivity contribution in [3.8, 4) is 11.3 Å². The number of rotatable bonds is 6. The van der Waals surface area contributed by atoms with Crippen molar-refractivity contribution < 1.29 is 27.1 Å². The number of benzene rings is 2. The van der Waals surface area contributed by atoms with Crippen LogP contribution in [0, 0.1) is 5.82 Å². The number of amides is 1. The zero-order chi connectivity index (χ0) is 27.4. The second kappa shape index (κ2) is 11.8. The van der Waals surface area contributed by atoms with Gasteiger partial charge in [0.1, 0.15) is 18.2 Å². The minimum absolute atomic E-state index is 0.129. The summed E-state index contributed by atoms with van der Waals surface area (Å²) in [7, 11) is 0. The molecule has 1 N–H and O–H groups in total. The number of likely N-dealkylation sites (tertiary alicyclic amines) is 1. The minimum atomic E-state index is -4.80. The van der Waals surface area contributed by atoms with Gasteiger partial charge in [-0.3, -0.25) is 0 Å². The number of piperidine rings is 2. The van der Waals surface area contributed by atoms with Crippen LogP contribution < -0.4 is 5.32 Å². The fourth-order valence-corrected chi connectivity index (χ4v) is 5.48. The van der Waals surface area contributed by atoms with Crippen molar-refractivity contribution in [2.45, 2.75) is 63.4 Å². The van der Waals surface area contributed by atoms with Crippen molar-refractivity contribution in [3.63, 3.8) is 0 Å². The van der Waals surface area contributed by atoms with Gasteiger partial charge in [0.05, 0.1) is 17.3 Å². The monoisotopic (exact) mass is 544 g/mol. The maximum Gasteiger partial charge on any atom is 0.419 e. The number of imidazole rings is 1. The van der Waals surface area contributed by atoms with Crippen LogP contribution in [0.5, 0.6) is 0 Å². The first-order chi connectivity index (χ1) is 18.8.